The van der Waals surface area contributed by atoms with Gasteiger partial charge < -0.3 is 14.8 Å². The van der Waals surface area contributed by atoms with Crippen LogP contribution in [0, 0.1) is 0 Å². The molecule has 0 atom stereocenters. The second-order valence-corrected chi connectivity index (χ2v) is 7.75. The minimum absolute atomic E-state index is 0.0749. The quantitative estimate of drug-likeness (QED) is 0.519. The van der Waals surface area contributed by atoms with Gasteiger partial charge in [-0.05, 0) is 18.2 Å². The second kappa shape index (κ2) is 7.47. The maximum Gasteiger partial charge on any atom is 0.271 e. The minimum atomic E-state index is -0.560. The van der Waals surface area contributed by atoms with Crippen LogP contribution in [0.1, 0.15) is 10.4 Å². The van der Waals surface area contributed by atoms with E-state index in [1.165, 1.54) is 21.9 Å². The largest absolute Gasteiger partial charge is 0.486 e. The van der Waals surface area contributed by atoms with Crippen molar-refractivity contribution in [1.82, 2.24) is 9.38 Å². The standard InChI is InChI=1S/C21H14ClN3O4S/c22-15-4-2-1-3-13(15)16-11-30-21-23-10-14(20(27)25(16)21)19(26)24-12-5-6-17-18(9-12)29-8-7-28-17/h1-6,9-11H,7-8H2,(H,24,26). The monoisotopic (exact) mass is 439 g/mol. The van der Waals surface area contributed by atoms with Crippen LogP contribution in [0.15, 0.2) is 58.8 Å². The molecule has 0 radical (unpaired) electrons. The van der Waals surface area contributed by atoms with Crippen LogP contribution in [0.4, 0.5) is 5.69 Å². The van der Waals surface area contributed by atoms with Crippen LogP contribution in [0.25, 0.3) is 16.2 Å². The Morgan fingerprint density at radius 1 is 1.13 bits per heavy atom. The summed E-state index contributed by atoms with van der Waals surface area (Å²) in [7, 11) is 0. The molecule has 1 aliphatic rings. The molecule has 0 fully saturated rings. The highest BCUT2D eigenvalue weighted by molar-refractivity contribution is 7.15. The van der Waals surface area contributed by atoms with Crippen LogP contribution in [0.5, 0.6) is 11.5 Å². The van der Waals surface area contributed by atoms with Crippen molar-refractivity contribution in [3.8, 4) is 22.8 Å². The third-order valence-corrected chi connectivity index (χ3v) is 5.81. The van der Waals surface area contributed by atoms with Crippen LogP contribution < -0.4 is 20.3 Å². The van der Waals surface area contributed by atoms with Crippen molar-refractivity contribution < 1.29 is 14.3 Å². The van der Waals surface area contributed by atoms with Gasteiger partial charge in [0.1, 0.15) is 18.8 Å². The lowest BCUT2D eigenvalue weighted by Crippen LogP contribution is -2.26. The number of carbonyl (C=O) groups is 1. The van der Waals surface area contributed by atoms with Crippen molar-refractivity contribution >= 4 is 39.5 Å². The van der Waals surface area contributed by atoms with Crippen molar-refractivity contribution in [2.45, 2.75) is 0 Å². The van der Waals surface area contributed by atoms with Gasteiger partial charge in [0.15, 0.2) is 16.5 Å². The van der Waals surface area contributed by atoms with E-state index >= 15 is 0 Å². The molecular formula is C21H14ClN3O4S. The van der Waals surface area contributed by atoms with Crippen LogP contribution in [0.2, 0.25) is 5.02 Å². The van der Waals surface area contributed by atoms with Gasteiger partial charge in [-0.3, -0.25) is 14.0 Å². The highest BCUT2D eigenvalue weighted by Crippen LogP contribution is 2.33. The average molecular weight is 440 g/mol. The van der Waals surface area contributed by atoms with Crippen LogP contribution in [-0.4, -0.2) is 28.5 Å². The van der Waals surface area contributed by atoms with Gasteiger partial charge in [0.25, 0.3) is 11.5 Å². The smallest absolute Gasteiger partial charge is 0.271 e. The fourth-order valence-corrected chi connectivity index (χ4v) is 4.31. The Morgan fingerprint density at radius 2 is 1.93 bits per heavy atom. The minimum Gasteiger partial charge on any atom is -0.486 e. The number of halogens is 1. The molecule has 1 amide bonds. The van der Waals surface area contributed by atoms with E-state index in [2.05, 4.69) is 10.3 Å². The van der Waals surface area contributed by atoms with Gasteiger partial charge in [-0.2, -0.15) is 0 Å². The molecular weight excluding hydrogens is 426 g/mol. The molecule has 0 bridgehead atoms. The highest BCUT2D eigenvalue weighted by Gasteiger charge is 2.19. The number of nitrogens with zero attached hydrogens (tertiary/aromatic N) is 2. The number of hydrogen-bond acceptors (Lipinski definition) is 6. The number of fused-ring (bicyclic) bond motifs is 2. The summed E-state index contributed by atoms with van der Waals surface area (Å²) in [5.74, 6) is 0.600. The number of rotatable bonds is 3. The van der Waals surface area contributed by atoms with Crippen LogP contribution in [0.3, 0.4) is 0 Å². The number of ether oxygens (including phenoxy) is 2. The molecule has 0 saturated carbocycles. The molecule has 1 aliphatic heterocycles. The molecule has 5 rings (SSSR count). The number of carbonyl (C=O) groups excluding carboxylic acids is 1. The van der Waals surface area contributed by atoms with Gasteiger partial charge in [-0.25, -0.2) is 4.98 Å². The first kappa shape index (κ1) is 18.7. The van der Waals surface area contributed by atoms with E-state index < -0.39 is 11.5 Å². The molecule has 4 aromatic rings. The number of nitrogens with one attached hydrogen (secondary N) is 1. The summed E-state index contributed by atoms with van der Waals surface area (Å²) in [6.45, 7) is 0.922. The van der Waals surface area contributed by atoms with Crippen LogP contribution >= 0.6 is 22.9 Å². The van der Waals surface area contributed by atoms with E-state index in [-0.39, 0.29) is 5.56 Å². The Balaban J connectivity index is 1.52. The zero-order chi connectivity index (χ0) is 20.7. The van der Waals surface area contributed by atoms with E-state index in [1.807, 2.05) is 18.2 Å². The van der Waals surface area contributed by atoms with Gasteiger partial charge in [0.2, 0.25) is 0 Å². The predicted octanol–water partition coefficient (Wildman–Crippen LogP) is 4.10. The summed E-state index contributed by atoms with van der Waals surface area (Å²) < 4.78 is 12.4. The Morgan fingerprint density at radius 3 is 2.77 bits per heavy atom. The SMILES string of the molecule is O=C(Nc1ccc2c(c1)OCCO2)c1cnc2scc(-c3ccccc3Cl)n2c1=O. The third-order valence-electron chi connectivity index (χ3n) is 4.64. The Labute approximate surface area is 179 Å². The normalized spacial score (nSPS) is 12.7. The van der Waals surface area contributed by atoms with Crippen molar-refractivity contribution in [1.29, 1.82) is 0 Å². The first-order chi connectivity index (χ1) is 14.6. The Bertz CT molecular complexity index is 1350. The van der Waals surface area contributed by atoms with E-state index in [4.69, 9.17) is 21.1 Å². The Hall–Kier alpha value is -3.36. The lowest BCUT2D eigenvalue weighted by Gasteiger charge is -2.18. The van der Waals surface area contributed by atoms with E-state index in [0.29, 0.717) is 51.6 Å². The molecule has 2 aromatic carbocycles. The van der Waals surface area contributed by atoms with Crippen molar-refractivity contribution in [2.75, 3.05) is 18.5 Å². The summed E-state index contributed by atoms with van der Waals surface area (Å²) in [4.78, 5) is 30.7. The van der Waals surface area contributed by atoms with Crippen LogP contribution in [-0.2, 0) is 0 Å². The molecule has 0 spiro atoms. The highest BCUT2D eigenvalue weighted by atomic mass is 35.5. The molecule has 0 saturated heterocycles. The summed E-state index contributed by atoms with van der Waals surface area (Å²) >= 11 is 7.61. The average Bonchev–Trinajstić information content (AvgIpc) is 3.19. The van der Waals surface area contributed by atoms with E-state index in [9.17, 15) is 9.59 Å². The molecule has 9 heteroatoms. The first-order valence-electron chi connectivity index (χ1n) is 9.07. The van der Waals surface area contributed by atoms with Crippen molar-refractivity contribution in [3.05, 3.63) is 75.0 Å². The third kappa shape index (κ3) is 3.20. The van der Waals surface area contributed by atoms with Gasteiger partial charge in [0.05, 0.1) is 5.69 Å². The number of thiazole rings is 1. The van der Waals surface area contributed by atoms with Crippen molar-refractivity contribution in [3.63, 3.8) is 0 Å². The van der Waals surface area contributed by atoms with Gasteiger partial charge in [0, 0.05) is 33.9 Å². The van der Waals surface area contributed by atoms with Gasteiger partial charge in [-0.15, -0.1) is 11.3 Å². The molecule has 7 nitrogen and oxygen atoms in total. The van der Waals surface area contributed by atoms with Crippen molar-refractivity contribution in [2.24, 2.45) is 0 Å². The summed E-state index contributed by atoms with van der Waals surface area (Å²) in [5.41, 5.74) is 1.23. The van der Waals surface area contributed by atoms with E-state index in [0.717, 1.165) is 0 Å². The fourth-order valence-electron chi connectivity index (χ4n) is 3.23. The molecule has 3 heterocycles. The summed E-state index contributed by atoms with van der Waals surface area (Å²) in [5, 5.41) is 5.03. The molecule has 150 valence electrons. The maximum absolute atomic E-state index is 13.1. The number of amides is 1. The zero-order valence-electron chi connectivity index (χ0n) is 15.4. The second-order valence-electron chi connectivity index (χ2n) is 6.51. The van der Waals surface area contributed by atoms with E-state index in [1.54, 1.807) is 29.6 Å². The van der Waals surface area contributed by atoms with Gasteiger partial charge in [-0.1, -0.05) is 29.8 Å². The molecule has 1 N–H and O–H groups in total. The zero-order valence-corrected chi connectivity index (χ0v) is 17.0. The summed E-state index contributed by atoms with van der Waals surface area (Å²) in [6.07, 6.45) is 1.29. The number of benzene rings is 2. The summed E-state index contributed by atoms with van der Waals surface area (Å²) in [6, 6.07) is 12.3. The number of aromatic nitrogens is 2. The number of hydrogen-bond donors (Lipinski definition) is 1. The topological polar surface area (TPSA) is 81.9 Å². The number of anilines is 1. The molecule has 0 aliphatic carbocycles. The molecule has 30 heavy (non-hydrogen) atoms. The predicted molar refractivity (Wildman–Crippen MR) is 115 cm³/mol. The fraction of sp³-hybridized carbons (Fsp3) is 0.0952. The lowest BCUT2D eigenvalue weighted by atomic mass is 10.2. The lowest BCUT2D eigenvalue weighted by molar-refractivity contribution is 0.102. The molecule has 0 unspecified atom stereocenters. The molecule has 2 aromatic heterocycles. The first-order valence-corrected chi connectivity index (χ1v) is 10.3. The van der Waals surface area contributed by atoms with Gasteiger partial charge >= 0.3 is 0 Å². The maximum atomic E-state index is 13.1. The Kier molecular flexibility index (Phi) is 4.65.